The molecular weight excluding hydrogens is 466 g/mol. The van der Waals surface area contributed by atoms with E-state index in [1.54, 1.807) is 25.4 Å². The lowest BCUT2D eigenvalue weighted by molar-refractivity contribution is 0.0374. The van der Waals surface area contributed by atoms with Crippen molar-refractivity contribution in [1.82, 2.24) is 15.2 Å². The van der Waals surface area contributed by atoms with Crippen LogP contribution in [0.25, 0.3) is 22.0 Å². The maximum Gasteiger partial charge on any atom is 0.255 e. The molecule has 0 atom stereocenters. The molecule has 0 saturated carbocycles. The van der Waals surface area contributed by atoms with Gasteiger partial charge < -0.3 is 19.5 Å². The van der Waals surface area contributed by atoms with Crippen molar-refractivity contribution in [2.45, 2.75) is 6.42 Å². The van der Waals surface area contributed by atoms with Gasteiger partial charge in [0, 0.05) is 37.3 Å². The Kier molecular flexibility index (Phi) is 7.93. The summed E-state index contributed by atoms with van der Waals surface area (Å²) in [6.45, 7) is 4.95. The average molecular weight is 498 g/mol. The topological polar surface area (TPSA) is 72.9 Å². The molecule has 1 aliphatic rings. The number of pyridine rings is 1. The molecular formula is C30H31N3O4. The molecule has 0 spiro atoms. The van der Waals surface area contributed by atoms with Gasteiger partial charge in [0.2, 0.25) is 0 Å². The van der Waals surface area contributed by atoms with Crippen LogP contribution in [0.1, 0.15) is 16.8 Å². The Morgan fingerprint density at radius 2 is 1.73 bits per heavy atom. The van der Waals surface area contributed by atoms with Crippen molar-refractivity contribution in [1.29, 1.82) is 0 Å². The fourth-order valence-electron chi connectivity index (χ4n) is 4.48. The van der Waals surface area contributed by atoms with Gasteiger partial charge in [-0.1, -0.05) is 42.5 Å². The highest BCUT2D eigenvalue weighted by Gasteiger charge is 2.17. The minimum atomic E-state index is -0.178. The zero-order valence-electron chi connectivity index (χ0n) is 21.0. The summed E-state index contributed by atoms with van der Waals surface area (Å²) >= 11 is 0. The number of hydrogen-bond donors (Lipinski definition) is 1. The van der Waals surface area contributed by atoms with Gasteiger partial charge in [0.05, 0.1) is 31.4 Å². The second-order valence-corrected chi connectivity index (χ2v) is 8.93. The fourth-order valence-corrected chi connectivity index (χ4v) is 4.48. The van der Waals surface area contributed by atoms with Gasteiger partial charge in [-0.3, -0.25) is 14.7 Å². The minimum Gasteiger partial charge on any atom is -0.496 e. The fraction of sp³-hybridized carbons (Fsp3) is 0.267. The number of nitrogens with one attached hydrogen (secondary N) is 1. The van der Waals surface area contributed by atoms with Crippen molar-refractivity contribution in [2.24, 2.45) is 0 Å². The largest absolute Gasteiger partial charge is 0.496 e. The summed E-state index contributed by atoms with van der Waals surface area (Å²) in [6, 6.07) is 23.6. The smallest absolute Gasteiger partial charge is 0.255 e. The van der Waals surface area contributed by atoms with Gasteiger partial charge in [-0.15, -0.1) is 0 Å². The van der Waals surface area contributed by atoms with Crippen LogP contribution in [-0.2, 0) is 4.74 Å². The maximum atomic E-state index is 13.1. The number of carbonyl (C=O) groups is 1. The molecule has 1 amide bonds. The number of ether oxygens (including phenoxy) is 3. The van der Waals surface area contributed by atoms with E-state index in [1.807, 2.05) is 48.5 Å². The summed E-state index contributed by atoms with van der Waals surface area (Å²) in [7, 11) is 1.56. The number of hydrogen-bond acceptors (Lipinski definition) is 6. The third kappa shape index (κ3) is 6.07. The van der Waals surface area contributed by atoms with Crippen molar-refractivity contribution in [3.8, 4) is 28.4 Å². The van der Waals surface area contributed by atoms with Crippen LogP contribution in [0.5, 0.6) is 17.2 Å². The maximum absolute atomic E-state index is 13.1. The monoisotopic (exact) mass is 497 g/mol. The van der Waals surface area contributed by atoms with Gasteiger partial charge in [-0.25, -0.2) is 0 Å². The molecule has 37 heavy (non-hydrogen) atoms. The van der Waals surface area contributed by atoms with Gasteiger partial charge in [-0.05, 0) is 48.4 Å². The Hall–Kier alpha value is -3.94. The zero-order valence-corrected chi connectivity index (χ0v) is 21.0. The lowest BCUT2D eigenvalue weighted by Gasteiger charge is -2.26. The molecule has 5 rings (SSSR count). The Balaban J connectivity index is 1.31. The van der Waals surface area contributed by atoms with Crippen LogP contribution >= 0.6 is 0 Å². The third-order valence-electron chi connectivity index (χ3n) is 6.50. The Morgan fingerprint density at radius 3 is 2.49 bits per heavy atom. The highest BCUT2D eigenvalue weighted by Crippen LogP contribution is 2.34. The van der Waals surface area contributed by atoms with Crippen molar-refractivity contribution >= 4 is 16.8 Å². The number of morpholine rings is 1. The molecule has 190 valence electrons. The van der Waals surface area contributed by atoms with Gasteiger partial charge >= 0.3 is 0 Å². The SMILES string of the molecule is COc1cc2nccc(Oc3ccc(-c4ccccc4)cc3)c2cc1C(=O)NCCCN1CCOCC1. The van der Waals surface area contributed by atoms with E-state index in [0.717, 1.165) is 55.8 Å². The number of fused-ring (bicyclic) bond motifs is 1. The molecule has 0 aliphatic carbocycles. The van der Waals surface area contributed by atoms with Gasteiger partial charge in [-0.2, -0.15) is 0 Å². The van der Waals surface area contributed by atoms with E-state index in [0.29, 0.717) is 34.9 Å². The normalized spacial score (nSPS) is 13.9. The van der Waals surface area contributed by atoms with Crippen LogP contribution in [0.3, 0.4) is 0 Å². The van der Waals surface area contributed by atoms with E-state index < -0.39 is 0 Å². The molecule has 0 unspecified atom stereocenters. The number of rotatable bonds is 9. The molecule has 7 heteroatoms. The second kappa shape index (κ2) is 11.9. The summed E-state index contributed by atoms with van der Waals surface area (Å²) < 4.78 is 17.1. The molecule has 2 heterocycles. The van der Waals surface area contributed by atoms with E-state index in [-0.39, 0.29) is 5.91 Å². The predicted octanol–water partition coefficient (Wildman–Crippen LogP) is 5.15. The van der Waals surface area contributed by atoms with Crippen LogP contribution in [0.2, 0.25) is 0 Å². The molecule has 7 nitrogen and oxygen atoms in total. The first-order valence-corrected chi connectivity index (χ1v) is 12.6. The lowest BCUT2D eigenvalue weighted by atomic mass is 10.1. The molecule has 1 N–H and O–H groups in total. The first-order valence-electron chi connectivity index (χ1n) is 12.6. The van der Waals surface area contributed by atoms with Gasteiger partial charge in [0.1, 0.15) is 17.2 Å². The first kappa shape index (κ1) is 24.7. The number of methoxy groups -OCH3 is 1. The lowest BCUT2D eigenvalue weighted by Crippen LogP contribution is -2.38. The van der Waals surface area contributed by atoms with Gasteiger partial charge in [0.25, 0.3) is 5.91 Å². The van der Waals surface area contributed by atoms with E-state index in [4.69, 9.17) is 14.2 Å². The predicted molar refractivity (Wildman–Crippen MR) is 144 cm³/mol. The Bertz CT molecular complexity index is 1340. The van der Waals surface area contributed by atoms with E-state index in [9.17, 15) is 4.79 Å². The highest BCUT2D eigenvalue weighted by atomic mass is 16.5. The van der Waals surface area contributed by atoms with Crippen molar-refractivity contribution < 1.29 is 19.0 Å². The number of benzene rings is 3. The van der Waals surface area contributed by atoms with E-state index >= 15 is 0 Å². The summed E-state index contributed by atoms with van der Waals surface area (Å²) in [5, 5.41) is 3.78. The van der Waals surface area contributed by atoms with Crippen LogP contribution in [0, 0.1) is 0 Å². The first-order chi connectivity index (χ1) is 18.2. The van der Waals surface area contributed by atoms with Crippen LogP contribution in [-0.4, -0.2) is 62.3 Å². The number of aromatic nitrogens is 1. The van der Waals surface area contributed by atoms with Crippen molar-refractivity contribution in [3.05, 3.63) is 84.6 Å². The molecule has 0 bridgehead atoms. The number of amides is 1. The molecule has 1 aliphatic heterocycles. The summed E-state index contributed by atoms with van der Waals surface area (Å²) in [5.74, 6) is 1.64. The molecule has 3 aromatic carbocycles. The second-order valence-electron chi connectivity index (χ2n) is 8.93. The highest BCUT2D eigenvalue weighted by molar-refractivity contribution is 6.02. The Morgan fingerprint density at radius 1 is 0.973 bits per heavy atom. The zero-order chi connectivity index (χ0) is 25.5. The van der Waals surface area contributed by atoms with Crippen molar-refractivity contribution in [3.63, 3.8) is 0 Å². The average Bonchev–Trinajstić information content (AvgIpc) is 2.96. The third-order valence-corrected chi connectivity index (χ3v) is 6.50. The van der Waals surface area contributed by atoms with Gasteiger partial charge in [0.15, 0.2) is 0 Å². The molecule has 0 radical (unpaired) electrons. The molecule has 1 saturated heterocycles. The minimum absolute atomic E-state index is 0.178. The van der Waals surface area contributed by atoms with Crippen LogP contribution in [0.15, 0.2) is 79.0 Å². The van der Waals surface area contributed by atoms with Crippen molar-refractivity contribution in [2.75, 3.05) is 46.5 Å². The molecule has 1 fully saturated rings. The quantitative estimate of drug-likeness (QED) is 0.322. The Labute approximate surface area is 217 Å². The standard InChI is InChI=1S/C30H31N3O4/c1-35-29-21-27-25(20-26(29)30(34)32-13-5-15-33-16-18-36-19-17-33)28(12-14-31-27)37-24-10-8-23(9-11-24)22-6-3-2-4-7-22/h2-4,6-12,14,20-21H,5,13,15-19H2,1H3,(H,32,34). The van der Waals surface area contributed by atoms with Crippen LogP contribution < -0.4 is 14.8 Å². The van der Waals surface area contributed by atoms with E-state index in [2.05, 4.69) is 27.3 Å². The van der Waals surface area contributed by atoms with E-state index in [1.165, 1.54) is 0 Å². The summed E-state index contributed by atoms with van der Waals surface area (Å²) in [6.07, 6.45) is 2.57. The summed E-state index contributed by atoms with van der Waals surface area (Å²) in [4.78, 5) is 19.9. The van der Waals surface area contributed by atoms with Crippen LogP contribution in [0.4, 0.5) is 0 Å². The molecule has 4 aromatic rings. The number of carbonyl (C=O) groups excluding carboxylic acids is 1. The number of nitrogens with zero attached hydrogens (tertiary/aromatic N) is 2. The molecule has 1 aromatic heterocycles. The summed E-state index contributed by atoms with van der Waals surface area (Å²) in [5.41, 5.74) is 3.42.